The Balaban J connectivity index is 2.45. The SMILES string of the molecule is C=CCNC(=O)CCc1nc(C(C)(C)C)cs1. The standard InChI is InChI=1S/C13H20N2OS/c1-5-8-14-11(16)6-7-12-15-10(9-17-12)13(2,3)4/h5,9H,1,6-8H2,2-4H3,(H,14,16). The molecule has 0 unspecified atom stereocenters. The van der Waals surface area contributed by atoms with E-state index in [1.165, 1.54) is 0 Å². The smallest absolute Gasteiger partial charge is 0.220 e. The third-order valence-electron chi connectivity index (χ3n) is 2.33. The fourth-order valence-electron chi connectivity index (χ4n) is 1.27. The number of carbonyl (C=O) groups excluding carboxylic acids is 1. The van der Waals surface area contributed by atoms with Crippen LogP contribution in [0.5, 0.6) is 0 Å². The Hall–Kier alpha value is -1.16. The molecule has 1 aromatic heterocycles. The Labute approximate surface area is 107 Å². The Morgan fingerprint density at radius 2 is 2.29 bits per heavy atom. The molecule has 0 radical (unpaired) electrons. The Morgan fingerprint density at radius 3 is 2.82 bits per heavy atom. The molecule has 0 aliphatic rings. The van der Waals surface area contributed by atoms with E-state index in [0.29, 0.717) is 19.4 Å². The number of rotatable bonds is 5. The molecule has 4 heteroatoms. The van der Waals surface area contributed by atoms with Crippen molar-refractivity contribution in [3.8, 4) is 0 Å². The minimum Gasteiger partial charge on any atom is -0.353 e. The zero-order valence-electron chi connectivity index (χ0n) is 10.7. The maximum absolute atomic E-state index is 11.4. The van der Waals surface area contributed by atoms with E-state index in [1.54, 1.807) is 17.4 Å². The van der Waals surface area contributed by atoms with Crippen LogP contribution in [0.15, 0.2) is 18.0 Å². The van der Waals surface area contributed by atoms with Crippen molar-refractivity contribution in [3.63, 3.8) is 0 Å². The largest absolute Gasteiger partial charge is 0.353 e. The van der Waals surface area contributed by atoms with Gasteiger partial charge in [0, 0.05) is 30.2 Å². The fraction of sp³-hybridized carbons (Fsp3) is 0.538. The maximum atomic E-state index is 11.4. The molecule has 0 fully saturated rings. The Kier molecular flexibility index (Phi) is 4.87. The molecule has 1 amide bonds. The molecule has 1 rings (SSSR count). The van der Waals surface area contributed by atoms with Gasteiger partial charge in [0.2, 0.25) is 5.91 Å². The molecule has 0 aromatic carbocycles. The normalized spacial score (nSPS) is 11.2. The van der Waals surface area contributed by atoms with Crippen LogP contribution in [0.1, 0.15) is 37.9 Å². The molecular weight excluding hydrogens is 232 g/mol. The summed E-state index contributed by atoms with van der Waals surface area (Å²) in [4.78, 5) is 15.9. The van der Waals surface area contributed by atoms with E-state index in [-0.39, 0.29) is 11.3 Å². The van der Waals surface area contributed by atoms with E-state index >= 15 is 0 Å². The van der Waals surface area contributed by atoms with Crippen LogP contribution in [-0.4, -0.2) is 17.4 Å². The first-order valence-electron chi connectivity index (χ1n) is 5.76. The van der Waals surface area contributed by atoms with Gasteiger partial charge in [-0.3, -0.25) is 4.79 Å². The van der Waals surface area contributed by atoms with E-state index < -0.39 is 0 Å². The highest BCUT2D eigenvalue weighted by Gasteiger charge is 2.17. The van der Waals surface area contributed by atoms with Gasteiger partial charge in [-0.1, -0.05) is 26.8 Å². The number of carbonyl (C=O) groups is 1. The number of hydrogen-bond acceptors (Lipinski definition) is 3. The second kappa shape index (κ2) is 5.96. The lowest BCUT2D eigenvalue weighted by Gasteiger charge is -2.14. The number of nitrogens with one attached hydrogen (secondary N) is 1. The van der Waals surface area contributed by atoms with E-state index in [9.17, 15) is 4.79 Å². The molecule has 0 atom stereocenters. The number of nitrogens with zero attached hydrogens (tertiary/aromatic N) is 1. The van der Waals surface area contributed by atoms with Gasteiger partial charge >= 0.3 is 0 Å². The van der Waals surface area contributed by atoms with Crippen molar-refractivity contribution in [2.24, 2.45) is 0 Å². The summed E-state index contributed by atoms with van der Waals surface area (Å²) in [6, 6.07) is 0. The molecule has 0 bridgehead atoms. The van der Waals surface area contributed by atoms with Crippen LogP contribution in [0.3, 0.4) is 0 Å². The molecule has 1 heterocycles. The molecule has 0 saturated heterocycles. The van der Waals surface area contributed by atoms with Gasteiger partial charge in [-0.05, 0) is 0 Å². The van der Waals surface area contributed by atoms with Gasteiger partial charge in [0.05, 0.1) is 10.7 Å². The van der Waals surface area contributed by atoms with E-state index in [1.807, 2.05) is 0 Å². The van der Waals surface area contributed by atoms with Crippen molar-refractivity contribution in [2.75, 3.05) is 6.54 Å². The molecule has 3 nitrogen and oxygen atoms in total. The molecule has 1 N–H and O–H groups in total. The number of thiazole rings is 1. The molecule has 0 spiro atoms. The van der Waals surface area contributed by atoms with Gasteiger partial charge in [-0.2, -0.15) is 0 Å². The van der Waals surface area contributed by atoms with Crippen molar-refractivity contribution in [1.82, 2.24) is 10.3 Å². The predicted molar refractivity (Wildman–Crippen MR) is 72.3 cm³/mol. The van der Waals surface area contributed by atoms with Gasteiger partial charge in [0.1, 0.15) is 0 Å². The Morgan fingerprint density at radius 1 is 1.59 bits per heavy atom. The highest BCUT2D eigenvalue weighted by molar-refractivity contribution is 7.09. The summed E-state index contributed by atoms with van der Waals surface area (Å²) in [5.41, 5.74) is 1.18. The van der Waals surface area contributed by atoms with Crippen LogP contribution in [-0.2, 0) is 16.6 Å². The van der Waals surface area contributed by atoms with E-state index in [0.717, 1.165) is 10.7 Å². The third kappa shape index (κ3) is 4.69. The van der Waals surface area contributed by atoms with Gasteiger partial charge in [-0.15, -0.1) is 17.9 Å². The summed E-state index contributed by atoms with van der Waals surface area (Å²) in [6.45, 7) is 10.5. The number of aryl methyl sites for hydroxylation is 1. The summed E-state index contributed by atoms with van der Waals surface area (Å²) >= 11 is 1.63. The summed E-state index contributed by atoms with van der Waals surface area (Å²) < 4.78 is 0. The van der Waals surface area contributed by atoms with Crippen molar-refractivity contribution >= 4 is 17.2 Å². The van der Waals surface area contributed by atoms with Crippen LogP contribution < -0.4 is 5.32 Å². The van der Waals surface area contributed by atoms with Gasteiger partial charge in [-0.25, -0.2) is 4.98 Å². The molecule has 0 aliphatic heterocycles. The Bertz CT molecular complexity index is 390. The van der Waals surface area contributed by atoms with Gasteiger partial charge in [0.15, 0.2) is 0 Å². The highest BCUT2D eigenvalue weighted by atomic mass is 32.1. The molecule has 0 saturated carbocycles. The van der Waals surface area contributed by atoms with Crippen LogP contribution in [0, 0.1) is 0 Å². The quantitative estimate of drug-likeness (QED) is 0.819. The molecule has 94 valence electrons. The zero-order chi connectivity index (χ0) is 12.9. The number of amides is 1. The number of hydrogen-bond donors (Lipinski definition) is 1. The van der Waals surface area contributed by atoms with Crippen LogP contribution >= 0.6 is 11.3 Å². The van der Waals surface area contributed by atoms with Crippen molar-refractivity contribution in [1.29, 1.82) is 0 Å². The highest BCUT2D eigenvalue weighted by Crippen LogP contribution is 2.24. The van der Waals surface area contributed by atoms with Crippen LogP contribution in [0.25, 0.3) is 0 Å². The second-order valence-corrected chi connectivity index (χ2v) is 5.91. The van der Waals surface area contributed by atoms with Crippen molar-refractivity contribution in [2.45, 2.75) is 39.0 Å². The van der Waals surface area contributed by atoms with Gasteiger partial charge in [0.25, 0.3) is 0 Å². The summed E-state index contributed by atoms with van der Waals surface area (Å²) in [5, 5.41) is 5.87. The van der Waals surface area contributed by atoms with E-state index in [2.05, 4.69) is 43.0 Å². The zero-order valence-corrected chi connectivity index (χ0v) is 11.6. The minimum atomic E-state index is 0.0532. The predicted octanol–water partition coefficient (Wildman–Crippen LogP) is 2.68. The van der Waals surface area contributed by atoms with Crippen molar-refractivity contribution < 1.29 is 4.79 Å². The first-order chi connectivity index (χ1) is 7.93. The summed E-state index contributed by atoms with van der Waals surface area (Å²) in [7, 11) is 0. The average molecular weight is 252 g/mol. The fourth-order valence-corrected chi connectivity index (χ4v) is 2.29. The van der Waals surface area contributed by atoms with E-state index in [4.69, 9.17) is 0 Å². The maximum Gasteiger partial charge on any atom is 0.220 e. The lowest BCUT2D eigenvalue weighted by atomic mass is 9.93. The number of aromatic nitrogens is 1. The molecule has 0 aliphatic carbocycles. The first kappa shape index (κ1) is 13.9. The third-order valence-corrected chi connectivity index (χ3v) is 3.24. The lowest BCUT2D eigenvalue weighted by molar-refractivity contribution is -0.120. The van der Waals surface area contributed by atoms with Crippen molar-refractivity contribution in [3.05, 3.63) is 28.7 Å². The van der Waals surface area contributed by atoms with Crippen LogP contribution in [0.2, 0.25) is 0 Å². The van der Waals surface area contributed by atoms with Crippen LogP contribution in [0.4, 0.5) is 0 Å². The minimum absolute atomic E-state index is 0.0532. The lowest BCUT2D eigenvalue weighted by Crippen LogP contribution is -2.23. The molecule has 1 aromatic rings. The summed E-state index contributed by atoms with van der Waals surface area (Å²) in [5.74, 6) is 0.0532. The second-order valence-electron chi connectivity index (χ2n) is 4.97. The monoisotopic (exact) mass is 252 g/mol. The molecular formula is C13H20N2OS. The summed E-state index contributed by atoms with van der Waals surface area (Å²) in [6.07, 6.45) is 2.88. The average Bonchev–Trinajstić information content (AvgIpc) is 2.71. The topological polar surface area (TPSA) is 42.0 Å². The first-order valence-corrected chi connectivity index (χ1v) is 6.64. The van der Waals surface area contributed by atoms with Gasteiger partial charge < -0.3 is 5.32 Å². The molecule has 17 heavy (non-hydrogen) atoms.